The van der Waals surface area contributed by atoms with E-state index in [1.54, 1.807) is 31.2 Å². The van der Waals surface area contributed by atoms with Crippen molar-refractivity contribution in [1.82, 2.24) is 15.5 Å². The van der Waals surface area contributed by atoms with Gasteiger partial charge in [-0.05, 0) is 55.7 Å². The number of nitrogens with zero attached hydrogens (tertiary/aromatic N) is 1. The summed E-state index contributed by atoms with van der Waals surface area (Å²) in [7, 11) is 1.44. The van der Waals surface area contributed by atoms with E-state index in [0.29, 0.717) is 41.0 Å². The minimum Gasteiger partial charge on any atom is -0.492 e. The van der Waals surface area contributed by atoms with Crippen LogP contribution >= 0.6 is 0 Å². The molecule has 3 amide bonds. The van der Waals surface area contributed by atoms with Crippen molar-refractivity contribution in [1.29, 1.82) is 0 Å². The zero-order chi connectivity index (χ0) is 31.2. The van der Waals surface area contributed by atoms with Crippen LogP contribution in [0.25, 0.3) is 11.1 Å². The third-order valence-corrected chi connectivity index (χ3v) is 6.53. The topological polar surface area (TPSA) is 183 Å². The molecule has 0 spiro atoms. The van der Waals surface area contributed by atoms with E-state index in [9.17, 15) is 24.0 Å². The number of benzene rings is 2. The maximum atomic E-state index is 13.5. The minimum absolute atomic E-state index is 0.211. The van der Waals surface area contributed by atoms with Gasteiger partial charge in [0.15, 0.2) is 5.78 Å². The molecule has 2 aromatic carbocycles. The van der Waals surface area contributed by atoms with Crippen LogP contribution in [0.2, 0.25) is 0 Å². The van der Waals surface area contributed by atoms with Gasteiger partial charge in [-0.3, -0.25) is 19.2 Å². The number of Topliss-reactive ketones (excluding diaryl/α,β-unsaturated/α-hetero) is 1. The Kier molecular flexibility index (Phi) is 13.6. The average molecular weight is 584 g/mol. The molecule has 0 aliphatic heterocycles. The van der Waals surface area contributed by atoms with Gasteiger partial charge in [0.25, 0.3) is 0 Å². The molecule has 0 heterocycles. The number of aldehydes is 1. The van der Waals surface area contributed by atoms with Gasteiger partial charge >= 0.3 is 0 Å². The Morgan fingerprint density at radius 2 is 1.55 bits per heavy atom. The predicted molar refractivity (Wildman–Crippen MR) is 158 cm³/mol. The molecular formula is C30H41N5O7. The van der Waals surface area contributed by atoms with E-state index in [1.165, 1.54) is 18.9 Å². The number of amides is 3. The number of hydrogen-bond acceptors (Lipinski definition) is 9. The summed E-state index contributed by atoms with van der Waals surface area (Å²) in [5.41, 5.74) is 13.9. The van der Waals surface area contributed by atoms with Crippen molar-refractivity contribution in [3.8, 4) is 22.6 Å². The van der Waals surface area contributed by atoms with Gasteiger partial charge in [0, 0.05) is 37.2 Å². The first-order chi connectivity index (χ1) is 20.1. The molecule has 0 aliphatic rings. The zero-order valence-electron chi connectivity index (χ0n) is 24.6. The molecule has 0 saturated carbocycles. The summed E-state index contributed by atoms with van der Waals surface area (Å²) >= 11 is 0. The molecule has 2 unspecified atom stereocenters. The second-order valence-corrected chi connectivity index (χ2v) is 9.92. The van der Waals surface area contributed by atoms with Gasteiger partial charge in [0.05, 0.1) is 12.6 Å². The van der Waals surface area contributed by atoms with Crippen LogP contribution in [0.4, 0.5) is 0 Å². The molecular weight excluding hydrogens is 542 g/mol. The van der Waals surface area contributed by atoms with Gasteiger partial charge in [0.2, 0.25) is 18.2 Å². The van der Waals surface area contributed by atoms with Gasteiger partial charge in [-0.1, -0.05) is 19.1 Å². The molecule has 3 atom stereocenters. The summed E-state index contributed by atoms with van der Waals surface area (Å²) in [6.07, 6.45) is 1.76. The van der Waals surface area contributed by atoms with E-state index in [-0.39, 0.29) is 44.5 Å². The van der Waals surface area contributed by atoms with Crippen LogP contribution in [0.5, 0.6) is 11.5 Å². The van der Waals surface area contributed by atoms with Crippen LogP contribution in [-0.4, -0.2) is 81.1 Å². The number of likely N-dealkylation sites (N-methyl/N-ethyl adjacent to an activating group) is 1. The summed E-state index contributed by atoms with van der Waals surface area (Å²) < 4.78 is 11.9. The van der Waals surface area contributed by atoms with E-state index in [0.717, 1.165) is 11.8 Å². The SMILES string of the molecule is CC(=O)[C@H](C)NC(=O)C(c1ccc(OCCN)c(-c2cc(CC(C)C=O)ccc2OCCN)c1)N(C)C(=O)CNC=O. The Morgan fingerprint density at radius 1 is 0.952 bits per heavy atom. The number of carbonyl (C=O) groups excluding carboxylic acids is 5. The van der Waals surface area contributed by atoms with Crippen LogP contribution in [0.1, 0.15) is 37.9 Å². The Hall–Kier alpha value is -4.29. The molecule has 0 bridgehead atoms. The number of carbonyl (C=O) groups is 5. The molecule has 42 heavy (non-hydrogen) atoms. The van der Waals surface area contributed by atoms with Crippen molar-refractivity contribution < 1.29 is 33.4 Å². The van der Waals surface area contributed by atoms with Crippen molar-refractivity contribution in [2.24, 2.45) is 17.4 Å². The quantitative estimate of drug-likeness (QED) is 0.184. The first kappa shape index (κ1) is 33.9. The van der Waals surface area contributed by atoms with Gasteiger partial charge in [-0.2, -0.15) is 0 Å². The Bertz CT molecular complexity index is 1250. The fourth-order valence-corrected chi connectivity index (χ4v) is 4.19. The average Bonchev–Trinajstić information content (AvgIpc) is 2.98. The monoisotopic (exact) mass is 583 g/mol. The third kappa shape index (κ3) is 9.38. The van der Waals surface area contributed by atoms with Gasteiger partial charge in [-0.25, -0.2) is 0 Å². The second kappa shape index (κ2) is 16.8. The van der Waals surface area contributed by atoms with Gasteiger partial charge in [-0.15, -0.1) is 0 Å². The molecule has 0 radical (unpaired) electrons. The molecule has 2 rings (SSSR count). The maximum Gasteiger partial charge on any atom is 0.248 e. The highest BCUT2D eigenvalue weighted by atomic mass is 16.5. The zero-order valence-corrected chi connectivity index (χ0v) is 24.6. The molecule has 12 heteroatoms. The second-order valence-electron chi connectivity index (χ2n) is 9.92. The predicted octanol–water partition coefficient (Wildman–Crippen LogP) is 0.745. The van der Waals surface area contributed by atoms with Crippen molar-refractivity contribution in [3.63, 3.8) is 0 Å². The van der Waals surface area contributed by atoms with Crippen LogP contribution < -0.4 is 31.6 Å². The summed E-state index contributed by atoms with van der Waals surface area (Å²) in [5, 5.41) is 4.98. The Morgan fingerprint density at radius 3 is 2.10 bits per heavy atom. The maximum absolute atomic E-state index is 13.5. The fourth-order valence-electron chi connectivity index (χ4n) is 4.19. The largest absolute Gasteiger partial charge is 0.492 e. The summed E-state index contributed by atoms with van der Waals surface area (Å²) in [6.45, 7) is 5.38. The highest BCUT2D eigenvalue weighted by Gasteiger charge is 2.31. The molecule has 0 aromatic heterocycles. The van der Waals surface area contributed by atoms with Crippen molar-refractivity contribution in [2.75, 3.05) is 39.9 Å². The van der Waals surface area contributed by atoms with E-state index < -0.39 is 23.9 Å². The molecule has 0 saturated heterocycles. The summed E-state index contributed by atoms with van der Waals surface area (Å²) in [4.78, 5) is 61.7. The molecule has 2 aromatic rings. The molecule has 12 nitrogen and oxygen atoms in total. The van der Waals surface area contributed by atoms with Gasteiger partial charge in [0.1, 0.15) is 37.0 Å². The molecule has 0 fully saturated rings. The lowest BCUT2D eigenvalue weighted by atomic mass is 9.93. The first-order valence-corrected chi connectivity index (χ1v) is 13.7. The lowest BCUT2D eigenvalue weighted by Gasteiger charge is -2.29. The Labute approximate surface area is 246 Å². The van der Waals surface area contributed by atoms with Gasteiger partial charge < -0.3 is 41.3 Å². The van der Waals surface area contributed by atoms with Crippen LogP contribution in [-0.2, 0) is 30.4 Å². The van der Waals surface area contributed by atoms with E-state index in [1.807, 2.05) is 19.1 Å². The van der Waals surface area contributed by atoms with E-state index >= 15 is 0 Å². The van der Waals surface area contributed by atoms with Crippen molar-refractivity contribution in [2.45, 2.75) is 39.3 Å². The van der Waals surface area contributed by atoms with Crippen molar-refractivity contribution in [3.05, 3.63) is 47.5 Å². The number of ether oxygens (including phenoxy) is 2. The fraction of sp³-hybridized carbons (Fsp3) is 0.433. The Balaban J connectivity index is 2.76. The molecule has 6 N–H and O–H groups in total. The lowest BCUT2D eigenvalue weighted by molar-refractivity contribution is -0.139. The normalized spacial score (nSPS) is 12.8. The van der Waals surface area contributed by atoms with E-state index in [4.69, 9.17) is 20.9 Å². The number of rotatable bonds is 18. The number of ketones is 1. The molecule has 228 valence electrons. The first-order valence-electron chi connectivity index (χ1n) is 13.7. The summed E-state index contributed by atoms with van der Waals surface area (Å²) in [6, 6.07) is 8.61. The third-order valence-electron chi connectivity index (χ3n) is 6.53. The van der Waals surface area contributed by atoms with Crippen LogP contribution in [0.15, 0.2) is 36.4 Å². The standard InChI is InChI=1S/C30H41N5O7/c1-19(17-36)13-22-5-7-26(41-11-9-31)24(14-22)25-15-23(6-8-27(25)42-12-10-32)29(30(40)34-20(2)21(3)38)35(4)28(39)16-33-18-37/h5-8,14-15,17-20,29H,9-13,16,31-32H2,1-4H3,(H,33,37)(H,34,40)/t19?,20-,29?/m0/s1. The minimum atomic E-state index is -1.17. The lowest BCUT2D eigenvalue weighted by Crippen LogP contribution is -2.47. The number of nitrogens with two attached hydrogens (primary N) is 2. The van der Waals surface area contributed by atoms with E-state index in [2.05, 4.69) is 10.6 Å². The van der Waals surface area contributed by atoms with Crippen molar-refractivity contribution >= 4 is 30.3 Å². The smallest absolute Gasteiger partial charge is 0.248 e. The highest BCUT2D eigenvalue weighted by Crippen LogP contribution is 2.40. The number of nitrogens with one attached hydrogen (secondary N) is 2. The highest BCUT2D eigenvalue weighted by molar-refractivity contribution is 5.93. The van der Waals surface area contributed by atoms with Crippen LogP contribution in [0.3, 0.4) is 0 Å². The number of hydrogen-bond donors (Lipinski definition) is 4. The van der Waals surface area contributed by atoms with Crippen LogP contribution in [0, 0.1) is 5.92 Å². The summed E-state index contributed by atoms with van der Waals surface area (Å²) in [5.74, 6) is -0.635. The molecule has 0 aliphatic carbocycles.